The van der Waals surface area contributed by atoms with Gasteiger partial charge in [-0.2, -0.15) is 0 Å². The van der Waals surface area contributed by atoms with Crippen LogP contribution >= 0.6 is 0 Å². The van der Waals surface area contributed by atoms with Gasteiger partial charge in [0.1, 0.15) is 13.2 Å². The van der Waals surface area contributed by atoms with E-state index in [0.717, 1.165) is 77.0 Å². The first-order valence-electron chi connectivity index (χ1n) is 30.5. The third-order valence-corrected chi connectivity index (χ3v) is 13.6. The van der Waals surface area contributed by atoms with Gasteiger partial charge in [0.25, 0.3) is 0 Å². The lowest BCUT2D eigenvalue weighted by Gasteiger charge is -2.18. The molecule has 6 heteroatoms. The fourth-order valence-corrected chi connectivity index (χ4v) is 9.04. The molecule has 1 unspecified atom stereocenters. The Morgan fingerprint density at radius 1 is 0.290 bits per heavy atom. The Morgan fingerprint density at radius 3 is 0.841 bits per heavy atom. The molecular formula is C63H116O6. The van der Waals surface area contributed by atoms with Gasteiger partial charge in [-0.05, 0) is 57.8 Å². The number of hydrogen-bond donors (Lipinski definition) is 0. The molecule has 0 aromatic carbocycles. The number of carbonyl (C=O) groups is 3. The van der Waals surface area contributed by atoms with E-state index in [9.17, 15) is 14.4 Å². The third-order valence-electron chi connectivity index (χ3n) is 13.6. The highest BCUT2D eigenvalue weighted by atomic mass is 16.6. The largest absolute Gasteiger partial charge is 0.462 e. The van der Waals surface area contributed by atoms with Crippen molar-refractivity contribution in [3.05, 3.63) is 36.5 Å². The molecule has 0 bridgehead atoms. The van der Waals surface area contributed by atoms with Crippen molar-refractivity contribution in [3.8, 4) is 0 Å². The molecule has 0 aromatic rings. The molecule has 0 saturated carbocycles. The van der Waals surface area contributed by atoms with E-state index in [-0.39, 0.29) is 31.1 Å². The van der Waals surface area contributed by atoms with E-state index >= 15 is 0 Å². The SMILES string of the molecule is CCCCC/C=C\C/C=C\C/C=C\CCCCCCCCC(=O)OC(COC(=O)CCCCCCCCCCC)COC(=O)CCCCCCCCCCCCCCCCCCCCCCCCC. The molecule has 0 fully saturated rings. The van der Waals surface area contributed by atoms with Gasteiger partial charge >= 0.3 is 17.9 Å². The van der Waals surface area contributed by atoms with Crippen molar-refractivity contribution in [2.24, 2.45) is 0 Å². The molecule has 0 aliphatic carbocycles. The standard InChI is InChI=1S/C63H116O6/c1-4-7-10-13-16-19-21-23-25-27-29-30-31-32-34-35-37-39-41-44-47-50-53-56-62(65)68-59-60(58-67-61(64)55-52-49-46-43-18-15-12-9-6-3)69-63(66)57-54-51-48-45-42-40-38-36-33-28-26-24-22-20-17-14-11-8-5-2/h17,20,24,26,33,36,60H,4-16,18-19,21-23,25,27-32,34-35,37-59H2,1-3H3/b20-17-,26-24-,36-33-. The van der Waals surface area contributed by atoms with Crippen molar-refractivity contribution in [1.82, 2.24) is 0 Å². The molecule has 0 aliphatic heterocycles. The van der Waals surface area contributed by atoms with E-state index in [1.807, 2.05) is 0 Å². The van der Waals surface area contributed by atoms with Gasteiger partial charge in [-0.3, -0.25) is 14.4 Å². The number of hydrogen-bond acceptors (Lipinski definition) is 6. The number of carbonyl (C=O) groups excluding carboxylic acids is 3. The molecule has 69 heavy (non-hydrogen) atoms. The number of unbranched alkanes of at least 4 members (excludes halogenated alkanes) is 39. The summed E-state index contributed by atoms with van der Waals surface area (Å²) in [4.78, 5) is 38.1. The van der Waals surface area contributed by atoms with E-state index in [1.54, 1.807) is 0 Å². The van der Waals surface area contributed by atoms with Crippen LogP contribution in [0.3, 0.4) is 0 Å². The lowest BCUT2D eigenvalue weighted by atomic mass is 10.0. The second-order valence-electron chi connectivity index (χ2n) is 20.6. The Hall–Kier alpha value is -2.37. The number of esters is 3. The van der Waals surface area contributed by atoms with Crippen LogP contribution in [0, 0.1) is 0 Å². The average Bonchev–Trinajstić information content (AvgIpc) is 3.35. The Morgan fingerprint density at radius 2 is 0.522 bits per heavy atom. The van der Waals surface area contributed by atoms with Gasteiger partial charge < -0.3 is 14.2 Å². The summed E-state index contributed by atoms with van der Waals surface area (Å²) in [5, 5.41) is 0. The minimum atomic E-state index is -0.774. The molecule has 0 aliphatic rings. The highest BCUT2D eigenvalue weighted by Gasteiger charge is 2.19. The summed E-state index contributed by atoms with van der Waals surface area (Å²) in [6, 6.07) is 0. The minimum Gasteiger partial charge on any atom is -0.462 e. The summed E-state index contributed by atoms with van der Waals surface area (Å²) in [5.74, 6) is -0.869. The summed E-state index contributed by atoms with van der Waals surface area (Å²) in [6.07, 6.45) is 70.1. The zero-order valence-corrected chi connectivity index (χ0v) is 46.3. The van der Waals surface area contributed by atoms with Crippen LogP contribution in [0.2, 0.25) is 0 Å². The van der Waals surface area contributed by atoms with Crippen LogP contribution in [0.1, 0.15) is 329 Å². The van der Waals surface area contributed by atoms with Crippen molar-refractivity contribution >= 4 is 17.9 Å². The molecule has 0 heterocycles. The number of ether oxygens (including phenoxy) is 3. The minimum absolute atomic E-state index is 0.0729. The molecule has 6 nitrogen and oxygen atoms in total. The number of allylic oxidation sites excluding steroid dienone is 6. The smallest absolute Gasteiger partial charge is 0.306 e. The van der Waals surface area contributed by atoms with Crippen LogP contribution in [-0.2, 0) is 28.6 Å². The number of rotatable bonds is 56. The topological polar surface area (TPSA) is 78.9 Å². The Labute approximate surface area is 429 Å². The summed E-state index contributed by atoms with van der Waals surface area (Å²) in [6.45, 7) is 6.63. The zero-order valence-electron chi connectivity index (χ0n) is 46.3. The summed E-state index contributed by atoms with van der Waals surface area (Å²) < 4.78 is 16.9. The first-order valence-corrected chi connectivity index (χ1v) is 30.5. The van der Waals surface area contributed by atoms with Gasteiger partial charge in [0.05, 0.1) is 0 Å². The van der Waals surface area contributed by atoms with Crippen molar-refractivity contribution in [1.29, 1.82) is 0 Å². The van der Waals surface area contributed by atoms with Gasteiger partial charge in [0.2, 0.25) is 0 Å². The second-order valence-corrected chi connectivity index (χ2v) is 20.6. The molecule has 0 radical (unpaired) electrons. The molecule has 0 rings (SSSR count). The fraction of sp³-hybridized carbons (Fsp3) is 0.857. The average molecular weight is 970 g/mol. The van der Waals surface area contributed by atoms with Gasteiger partial charge in [-0.1, -0.05) is 288 Å². The predicted octanol–water partition coefficient (Wildman–Crippen LogP) is 20.4. The molecule has 0 spiro atoms. The predicted molar refractivity (Wildman–Crippen MR) is 298 cm³/mol. The van der Waals surface area contributed by atoms with Gasteiger partial charge in [-0.25, -0.2) is 0 Å². The third kappa shape index (κ3) is 56.4. The van der Waals surface area contributed by atoms with E-state index < -0.39 is 6.10 Å². The summed E-state index contributed by atoms with van der Waals surface area (Å²) >= 11 is 0. The maximum atomic E-state index is 12.8. The molecule has 0 aromatic heterocycles. The van der Waals surface area contributed by atoms with Crippen LogP contribution in [0.15, 0.2) is 36.5 Å². The first kappa shape index (κ1) is 66.6. The Bertz CT molecular complexity index is 1160. The molecule has 404 valence electrons. The Kier molecular flexibility index (Phi) is 56.2. The normalized spacial score (nSPS) is 12.2. The second kappa shape index (κ2) is 58.2. The van der Waals surface area contributed by atoms with E-state index in [2.05, 4.69) is 57.2 Å². The summed E-state index contributed by atoms with van der Waals surface area (Å²) in [7, 11) is 0. The first-order chi connectivity index (χ1) is 34.0. The van der Waals surface area contributed by atoms with Crippen LogP contribution in [0.4, 0.5) is 0 Å². The van der Waals surface area contributed by atoms with Gasteiger partial charge in [0, 0.05) is 19.3 Å². The Balaban J connectivity index is 4.21. The molecule has 0 amide bonds. The van der Waals surface area contributed by atoms with Crippen molar-refractivity contribution in [2.45, 2.75) is 335 Å². The maximum Gasteiger partial charge on any atom is 0.306 e. The van der Waals surface area contributed by atoms with Crippen LogP contribution in [0.5, 0.6) is 0 Å². The highest BCUT2D eigenvalue weighted by Crippen LogP contribution is 2.17. The maximum absolute atomic E-state index is 12.8. The van der Waals surface area contributed by atoms with Crippen LogP contribution < -0.4 is 0 Å². The van der Waals surface area contributed by atoms with Crippen molar-refractivity contribution in [2.75, 3.05) is 13.2 Å². The molecule has 1 atom stereocenters. The lowest BCUT2D eigenvalue weighted by Crippen LogP contribution is -2.30. The molecule has 0 saturated heterocycles. The lowest BCUT2D eigenvalue weighted by molar-refractivity contribution is -0.167. The van der Waals surface area contributed by atoms with Crippen molar-refractivity contribution in [3.63, 3.8) is 0 Å². The van der Waals surface area contributed by atoms with Gasteiger partial charge in [0.15, 0.2) is 6.10 Å². The summed E-state index contributed by atoms with van der Waals surface area (Å²) in [5.41, 5.74) is 0. The van der Waals surface area contributed by atoms with E-state index in [4.69, 9.17) is 14.2 Å². The quantitative estimate of drug-likeness (QED) is 0.0261. The monoisotopic (exact) mass is 969 g/mol. The fourth-order valence-electron chi connectivity index (χ4n) is 9.04. The van der Waals surface area contributed by atoms with Crippen LogP contribution in [-0.4, -0.2) is 37.2 Å². The van der Waals surface area contributed by atoms with E-state index in [0.29, 0.717) is 19.3 Å². The highest BCUT2D eigenvalue weighted by molar-refractivity contribution is 5.71. The van der Waals surface area contributed by atoms with Crippen molar-refractivity contribution < 1.29 is 28.6 Å². The van der Waals surface area contributed by atoms with Crippen LogP contribution in [0.25, 0.3) is 0 Å². The molecular weight excluding hydrogens is 853 g/mol. The molecule has 0 N–H and O–H groups in total. The zero-order chi connectivity index (χ0) is 50.0. The van der Waals surface area contributed by atoms with E-state index in [1.165, 1.54) is 212 Å². The van der Waals surface area contributed by atoms with Gasteiger partial charge in [-0.15, -0.1) is 0 Å².